The fraction of sp³-hybridized carbons (Fsp3) is 0.458. The number of methoxy groups -OCH3 is 4. The van der Waals surface area contributed by atoms with E-state index in [1.54, 1.807) is 40.6 Å². The minimum absolute atomic E-state index is 0.0246. The summed E-state index contributed by atoms with van der Waals surface area (Å²) in [5.74, 6) is 3.31. The van der Waals surface area contributed by atoms with Gasteiger partial charge in [-0.05, 0) is 49.4 Å². The SMILES string of the molecule is COc1cccc(OC[C@H]2[C@H]3CC[C@H](C3)N2C(=O)c2cc(OC)c(OC)c(OC)c2)c1. The van der Waals surface area contributed by atoms with E-state index in [0.717, 1.165) is 30.8 Å². The Bertz CT molecular complexity index is 920. The molecule has 0 unspecified atom stereocenters. The largest absolute Gasteiger partial charge is 0.497 e. The topological polar surface area (TPSA) is 66.5 Å². The van der Waals surface area contributed by atoms with Gasteiger partial charge in [-0.25, -0.2) is 0 Å². The van der Waals surface area contributed by atoms with Gasteiger partial charge >= 0.3 is 0 Å². The van der Waals surface area contributed by atoms with Crippen molar-refractivity contribution >= 4 is 5.91 Å². The molecule has 2 bridgehead atoms. The minimum atomic E-state index is -0.0364. The van der Waals surface area contributed by atoms with E-state index in [2.05, 4.69) is 0 Å². The Morgan fingerprint density at radius 1 is 0.935 bits per heavy atom. The molecule has 166 valence electrons. The van der Waals surface area contributed by atoms with Crippen LogP contribution in [0.4, 0.5) is 0 Å². The standard InChI is InChI=1S/C24H29NO6/c1-27-18-6-5-7-19(13-18)31-14-20-15-8-9-17(10-15)25(20)24(26)16-11-21(28-2)23(30-4)22(12-16)29-3/h5-7,11-13,15,17,20H,8-10,14H2,1-4H3/t15-,17+,20-/m0/s1. The molecule has 1 saturated carbocycles. The number of carbonyl (C=O) groups excluding carboxylic acids is 1. The Morgan fingerprint density at radius 2 is 1.65 bits per heavy atom. The number of benzene rings is 2. The predicted molar refractivity (Wildman–Crippen MR) is 116 cm³/mol. The monoisotopic (exact) mass is 427 g/mol. The van der Waals surface area contributed by atoms with Gasteiger partial charge in [0.2, 0.25) is 5.75 Å². The maximum atomic E-state index is 13.6. The van der Waals surface area contributed by atoms with Crippen LogP contribution in [0.25, 0.3) is 0 Å². The highest BCUT2D eigenvalue weighted by Gasteiger charge is 2.48. The molecule has 0 N–H and O–H groups in total. The highest BCUT2D eigenvalue weighted by molar-refractivity contribution is 5.96. The van der Waals surface area contributed by atoms with Crippen molar-refractivity contribution < 1.29 is 28.5 Å². The van der Waals surface area contributed by atoms with Crippen molar-refractivity contribution in [1.29, 1.82) is 0 Å². The maximum absolute atomic E-state index is 13.6. The van der Waals surface area contributed by atoms with E-state index in [1.165, 1.54) is 0 Å². The average molecular weight is 427 g/mol. The van der Waals surface area contributed by atoms with Gasteiger partial charge < -0.3 is 28.6 Å². The molecular weight excluding hydrogens is 398 g/mol. The minimum Gasteiger partial charge on any atom is -0.497 e. The molecule has 2 aromatic rings. The van der Waals surface area contributed by atoms with Crippen LogP contribution in [0.15, 0.2) is 36.4 Å². The molecule has 2 aromatic carbocycles. The van der Waals surface area contributed by atoms with Gasteiger partial charge in [-0.3, -0.25) is 4.79 Å². The third kappa shape index (κ3) is 3.96. The molecule has 31 heavy (non-hydrogen) atoms. The lowest BCUT2D eigenvalue weighted by Gasteiger charge is -2.35. The summed E-state index contributed by atoms with van der Waals surface area (Å²) in [6.45, 7) is 0.449. The molecule has 0 radical (unpaired) electrons. The summed E-state index contributed by atoms with van der Waals surface area (Å²) in [6.07, 6.45) is 3.16. The van der Waals surface area contributed by atoms with Gasteiger partial charge in [-0.1, -0.05) is 6.07 Å². The second kappa shape index (κ2) is 8.96. The number of piperidine rings is 1. The molecule has 1 saturated heterocycles. The Balaban J connectivity index is 1.57. The van der Waals surface area contributed by atoms with Crippen molar-refractivity contribution in [2.24, 2.45) is 5.92 Å². The number of amides is 1. The third-order valence-corrected chi connectivity index (χ3v) is 6.35. The highest BCUT2D eigenvalue weighted by Crippen LogP contribution is 2.45. The molecule has 1 heterocycles. The average Bonchev–Trinajstić information content (AvgIpc) is 3.43. The molecule has 0 spiro atoms. The van der Waals surface area contributed by atoms with Gasteiger partial charge in [-0.2, -0.15) is 0 Å². The second-order valence-corrected chi connectivity index (χ2v) is 7.91. The van der Waals surface area contributed by atoms with Crippen LogP contribution in [0.5, 0.6) is 28.7 Å². The quantitative estimate of drug-likeness (QED) is 0.639. The van der Waals surface area contributed by atoms with Gasteiger partial charge in [0.1, 0.15) is 18.1 Å². The number of nitrogens with zero attached hydrogens (tertiary/aromatic N) is 1. The van der Waals surface area contributed by atoms with E-state index in [0.29, 0.717) is 35.3 Å². The van der Waals surface area contributed by atoms with Crippen LogP contribution in [0.3, 0.4) is 0 Å². The van der Waals surface area contributed by atoms with E-state index in [4.69, 9.17) is 23.7 Å². The number of carbonyl (C=O) groups is 1. The maximum Gasteiger partial charge on any atom is 0.254 e. The van der Waals surface area contributed by atoms with Crippen molar-refractivity contribution in [3.8, 4) is 28.7 Å². The first kappa shape index (κ1) is 21.2. The van der Waals surface area contributed by atoms with Crippen LogP contribution in [-0.4, -0.2) is 57.9 Å². The number of ether oxygens (including phenoxy) is 5. The van der Waals surface area contributed by atoms with Gasteiger partial charge in [-0.15, -0.1) is 0 Å². The summed E-state index contributed by atoms with van der Waals surface area (Å²) >= 11 is 0. The molecule has 0 aromatic heterocycles. The van der Waals surface area contributed by atoms with E-state index in [9.17, 15) is 4.79 Å². The van der Waals surface area contributed by atoms with Crippen molar-refractivity contribution in [2.45, 2.75) is 31.3 Å². The third-order valence-electron chi connectivity index (χ3n) is 6.35. The van der Waals surface area contributed by atoms with Crippen molar-refractivity contribution in [3.05, 3.63) is 42.0 Å². The molecule has 3 atom stereocenters. The number of hydrogen-bond donors (Lipinski definition) is 0. The fourth-order valence-electron chi connectivity index (χ4n) is 4.85. The number of likely N-dealkylation sites (tertiary alicyclic amines) is 1. The van der Waals surface area contributed by atoms with Crippen LogP contribution in [-0.2, 0) is 0 Å². The molecule has 1 aliphatic heterocycles. The highest BCUT2D eigenvalue weighted by atomic mass is 16.5. The summed E-state index contributed by atoms with van der Waals surface area (Å²) in [5, 5.41) is 0. The first-order chi connectivity index (χ1) is 15.1. The lowest BCUT2D eigenvalue weighted by atomic mass is 9.98. The number of rotatable bonds is 8. The van der Waals surface area contributed by atoms with Gasteiger partial charge in [0, 0.05) is 17.7 Å². The van der Waals surface area contributed by atoms with Crippen LogP contribution in [0, 0.1) is 5.92 Å². The molecular formula is C24H29NO6. The van der Waals surface area contributed by atoms with Crippen LogP contribution in [0.2, 0.25) is 0 Å². The van der Waals surface area contributed by atoms with Gasteiger partial charge in [0.25, 0.3) is 5.91 Å². The zero-order valence-electron chi connectivity index (χ0n) is 18.4. The predicted octanol–water partition coefficient (Wildman–Crippen LogP) is 3.79. The molecule has 2 fully saturated rings. The van der Waals surface area contributed by atoms with Gasteiger partial charge in [0.15, 0.2) is 11.5 Å². The zero-order chi connectivity index (χ0) is 22.0. The lowest BCUT2D eigenvalue weighted by Crippen LogP contribution is -2.47. The smallest absolute Gasteiger partial charge is 0.254 e. The summed E-state index contributed by atoms with van der Waals surface area (Å²) in [6, 6.07) is 11.2. The normalized spacial score (nSPS) is 21.7. The van der Waals surface area contributed by atoms with E-state index >= 15 is 0 Å². The van der Waals surface area contributed by atoms with Gasteiger partial charge in [0.05, 0.1) is 34.5 Å². The summed E-state index contributed by atoms with van der Waals surface area (Å²) < 4.78 is 27.6. The Morgan fingerprint density at radius 3 is 2.29 bits per heavy atom. The Kier molecular flexibility index (Phi) is 6.11. The van der Waals surface area contributed by atoms with Crippen molar-refractivity contribution in [2.75, 3.05) is 35.0 Å². The van der Waals surface area contributed by atoms with E-state index < -0.39 is 0 Å². The number of hydrogen-bond acceptors (Lipinski definition) is 6. The number of fused-ring (bicyclic) bond motifs is 2. The molecule has 1 aliphatic carbocycles. The van der Waals surface area contributed by atoms with Crippen LogP contribution in [0.1, 0.15) is 29.6 Å². The molecule has 7 heteroatoms. The Hall–Kier alpha value is -3.09. The van der Waals surface area contributed by atoms with E-state index in [-0.39, 0.29) is 18.0 Å². The lowest BCUT2D eigenvalue weighted by molar-refractivity contribution is 0.0505. The second-order valence-electron chi connectivity index (χ2n) is 7.91. The molecule has 4 rings (SSSR count). The van der Waals surface area contributed by atoms with E-state index in [1.807, 2.05) is 29.2 Å². The van der Waals surface area contributed by atoms with Crippen LogP contribution >= 0.6 is 0 Å². The van der Waals surface area contributed by atoms with Crippen molar-refractivity contribution in [1.82, 2.24) is 4.90 Å². The van der Waals surface area contributed by atoms with Crippen LogP contribution < -0.4 is 23.7 Å². The first-order valence-electron chi connectivity index (χ1n) is 10.5. The summed E-state index contributed by atoms with van der Waals surface area (Å²) in [7, 11) is 6.28. The molecule has 1 amide bonds. The fourth-order valence-corrected chi connectivity index (χ4v) is 4.85. The summed E-state index contributed by atoms with van der Waals surface area (Å²) in [5.41, 5.74) is 0.522. The zero-order valence-corrected chi connectivity index (χ0v) is 18.4. The first-order valence-corrected chi connectivity index (χ1v) is 10.5. The molecule has 7 nitrogen and oxygen atoms in total. The summed E-state index contributed by atoms with van der Waals surface area (Å²) in [4.78, 5) is 15.6. The van der Waals surface area contributed by atoms with Crippen molar-refractivity contribution in [3.63, 3.8) is 0 Å². The molecule has 2 aliphatic rings. The Labute approximate surface area is 182 Å².